The average Bonchev–Trinajstić information content (AvgIpc) is 2.48. The van der Waals surface area contributed by atoms with Crippen LogP contribution in [-0.2, 0) is 0 Å². The van der Waals surface area contributed by atoms with Gasteiger partial charge in [0.2, 0.25) is 0 Å². The highest BCUT2D eigenvalue weighted by Crippen LogP contribution is 2.28. The molecule has 106 valence electrons. The second-order valence-corrected chi connectivity index (χ2v) is 5.64. The van der Waals surface area contributed by atoms with Crippen molar-refractivity contribution in [3.8, 4) is 5.75 Å². The van der Waals surface area contributed by atoms with Gasteiger partial charge < -0.3 is 10.1 Å². The molecule has 0 aliphatic carbocycles. The van der Waals surface area contributed by atoms with E-state index in [2.05, 4.69) is 58.3 Å². The summed E-state index contributed by atoms with van der Waals surface area (Å²) in [7, 11) is 1.67. The molecule has 0 amide bonds. The third kappa shape index (κ3) is 3.58. The molecule has 2 rings (SSSR count). The van der Waals surface area contributed by atoms with Gasteiger partial charge in [-0.3, -0.25) is 4.98 Å². The molecule has 0 radical (unpaired) electrons. The summed E-state index contributed by atoms with van der Waals surface area (Å²) in [6, 6.07) is 10.7. The molecule has 1 heterocycles. The summed E-state index contributed by atoms with van der Waals surface area (Å²) in [5.41, 5.74) is 2.40. The first-order chi connectivity index (χ1) is 9.61. The van der Waals surface area contributed by atoms with E-state index in [0.29, 0.717) is 0 Å². The Labute approximate surface area is 128 Å². The van der Waals surface area contributed by atoms with Crippen molar-refractivity contribution >= 4 is 15.9 Å². The maximum atomic E-state index is 5.25. The Kier molecular flexibility index (Phi) is 5.15. The summed E-state index contributed by atoms with van der Waals surface area (Å²) in [5.74, 6) is 0.848. The number of aromatic nitrogens is 1. The van der Waals surface area contributed by atoms with Crippen LogP contribution in [-0.4, -0.2) is 12.1 Å². The van der Waals surface area contributed by atoms with Crippen LogP contribution in [0.5, 0.6) is 5.75 Å². The van der Waals surface area contributed by atoms with Gasteiger partial charge in [0.15, 0.2) is 0 Å². The Morgan fingerprint density at radius 2 is 1.90 bits per heavy atom. The van der Waals surface area contributed by atoms with Crippen molar-refractivity contribution in [1.82, 2.24) is 10.3 Å². The molecule has 0 spiro atoms. The third-order valence-corrected chi connectivity index (χ3v) is 3.98. The second kappa shape index (κ2) is 6.86. The standard InChI is InChI=1S/C16H19BrN2O/c1-11(13-6-7-16(20-3)15(17)9-13)19-12(2)14-5-4-8-18-10-14/h4-12,19H,1-3H3/t11?,12-/m1/s1. The second-order valence-electron chi connectivity index (χ2n) is 4.79. The van der Waals surface area contributed by atoms with Gasteiger partial charge in [-0.1, -0.05) is 12.1 Å². The van der Waals surface area contributed by atoms with E-state index in [1.807, 2.05) is 18.3 Å². The highest BCUT2D eigenvalue weighted by atomic mass is 79.9. The first-order valence-corrected chi connectivity index (χ1v) is 7.40. The van der Waals surface area contributed by atoms with Crippen molar-refractivity contribution in [2.75, 3.05) is 7.11 Å². The van der Waals surface area contributed by atoms with E-state index in [4.69, 9.17) is 4.74 Å². The molecule has 1 aromatic carbocycles. The zero-order valence-electron chi connectivity index (χ0n) is 11.9. The smallest absolute Gasteiger partial charge is 0.133 e. The molecule has 1 N–H and O–H groups in total. The van der Waals surface area contributed by atoms with Crippen LogP contribution in [0.25, 0.3) is 0 Å². The topological polar surface area (TPSA) is 34.1 Å². The van der Waals surface area contributed by atoms with E-state index in [9.17, 15) is 0 Å². The summed E-state index contributed by atoms with van der Waals surface area (Å²) in [5, 5.41) is 3.58. The molecule has 0 fully saturated rings. The largest absolute Gasteiger partial charge is 0.496 e. The number of nitrogens with zero attached hydrogens (tertiary/aromatic N) is 1. The number of methoxy groups -OCH3 is 1. The quantitative estimate of drug-likeness (QED) is 0.886. The van der Waals surface area contributed by atoms with Gasteiger partial charge in [-0.2, -0.15) is 0 Å². The first-order valence-electron chi connectivity index (χ1n) is 6.61. The Bertz CT molecular complexity index is 560. The van der Waals surface area contributed by atoms with Crippen molar-refractivity contribution in [3.63, 3.8) is 0 Å². The van der Waals surface area contributed by atoms with Gasteiger partial charge in [0.25, 0.3) is 0 Å². The lowest BCUT2D eigenvalue weighted by molar-refractivity contribution is 0.411. The number of hydrogen-bond acceptors (Lipinski definition) is 3. The average molecular weight is 335 g/mol. The minimum Gasteiger partial charge on any atom is -0.496 e. The molecule has 0 aliphatic heterocycles. The summed E-state index contributed by atoms with van der Waals surface area (Å²) in [6.45, 7) is 4.30. The number of hydrogen-bond donors (Lipinski definition) is 1. The number of halogens is 1. The highest BCUT2D eigenvalue weighted by molar-refractivity contribution is 9.10. The van der Waals surface area contributed by atoms with E-state index in [1.54, 1.807) is 13.3 Å². The fourth-order valence-electron chi connectivity index (χ4n) is 2.15. The van der Waals surface area contributed by atoms with Crippen LogP contribution in [0.15, 0.2) is 47.2 Å². The van der Waals surface area contributed by atoms with Crippen LogP contribution in [0, 0.1) is 0 Å². The van der Waals surface area contributed by atoms with Gasteiger partial charge in [-0.15, -0.1) is 0 Å². The van der Waals surface area contributed by atoms with Crippen molar-refractivity contribution in [3.05, 3.63) is 58.3 Å². The van der Waals surface area contributed by atoms with Crippen molar-refractivity contribution in [1.29, 1.82) is 0 Å². The molecule has 0 saturated heterocycles. The maximum Gasteiger partial charge on any atom is 0.133 e. The van der Waals surface area contributed by atoms with E-state index in [-0.39, 0.29) is 12.1 Å². The number of pyridine rings is 1. The lowest BCUT2D eigenvalue weighted by Gasteiger charge is -2.21. The number of rotatable bonds is 5. The number of benzene rings is 1. The van der Waals surface area contributed by atoms with Crippen LogP contribution in [0.4, 0.5) is 0 Å². The molecule has 2 atom stereocenters. The molecule has 2 aromatic rings. The Hall–Kier alpha value is -1.39. The molecular formula is C16H19BrN2O. The SMILES string of the molecule is COc1ccc(C(C)N[C@H](C)c2cccnc2)cc1Br. The zero-order chi connectivity index (χ0) is 14.5. The highest BCUT2D eigenvalue weighted by Gasteiger charge is 2.12. The fraction of sp³-hybridized carbons (Fsp3) is 0.312. The molecule has 0 saturated carbocycles. The Morgan fingerprint density at radius 1 is 1.15 bits per heavy atom. The van der Waals surface area contributed by atoms with Crippen molar-refractivity contribution in [2.24, 2.45) is 0 Å². The minimum absolute atomic E-state index is 0.243. The van der Waals surface area contributed by atoms with Crippen molar-refractivity contribution in [2.45, 2.75) is 25.9 Å². The fourth-order valence-corrected chi connectivity index (χ4v) is 2.71. The lowest BCUT2D eigenvalue weighted by Crippen LogP contribution is -2.22. The number of ether oxygens (including phenoxy) is 1. The summed E-state index contributed by atoms with van der Waals surface area (Å²) >= 11 is 3.52. The number of nitrogens with one attached hydrogen (secondary N) is 1. The Morgan fingerprint density at radius 3 is 2.50 bits per heavy atom. The minimum atomic E-state index is 0.243. The first kappa shape index (κ1) is 15.0. The lowest BCUT2D eigenvalue weighted by atomic mass is 10.1. The van der Waals surface area contributed by atoms with Crippen molar-refractivity contribution < 1.29 is 4.74 Å². The third-order valence-electron chi connectivity index (χ3n) is 3.36. The van der Waals surface area contributed by atoms with Gasteiger partial charge >= 0.3 is 0 Å². The van der Waals surface area contributed by atoms with E-state index in [1.165, 1.54) is 11.1 Å². The molecular weight excluding hydrogens is 316 g/mol. The van der Waals surface area contributed by atoms with Gasteiger partial charge in [-0.25, -0.2) is 0 Å². The molecule has 1 unspecified atom stereocenters. The Balaban J connectivity index is 2.08. The maximum absolute atomic E-state index is 5.25. The summed E-state index contributed by atoms with van der Waals surface area (Å²) in [6.07, 6.45) is 3.69. The van der Waals surface area contributed by atoms with E-state index < -0.39 is 0 Å². The van der Waals surface area contributed by atoms with Crippen LogP contribution < -0.4 is 10.1 Å². The normalized spacial score (nSPS) is 13.8. The molecule has 3 nitrogen and oxygen atoms in total. The van der Waals surface area contributed by atoms with Gasteiger partial charge in [0.05, 0.1) is 11.6 Å². The van der Waals surface area contributed by atoms with Gasteiger partial charge in [0.1, 0.15) is 5.75 Å². The monoisotopic (exact) mass is 334 g/mol. The summed E-state index contributed by atoms with van der Waals surface area (Å²) < 4.78 is 6.23. The molecule has 0 aliphatic rings. The van der Waals surface area contributed by atoms with Crippen LogP contribution in [0.3, 0.4) is 0 Å². The van der Waals surface area contributed by atoms with Gasteiger partial charge in [0, 0.05) is 24.5 Å². The predicted molar refractivity (Wildman–Crippen MR) is 84.9 cm³/mol. The molecule has 0 bridgehead atoms. The molecule has 4 heteroatoms. The molecule has 1 aromatic heterocycles. The van der Waals surface area contributed by atoms with E-state index in [0.717, 1.165) is 10.2 Å². The van der Waals surface area contributed by atoms with E-state index >= 15 is 0 Å². The van der Waals surface area contributed by atoms with Gasteiger partial charge in [-0.05, 0) is 59.1 Å². The molecule has 20 heavy (non-hydrogen) atoms. The zero-order valence-corrected chi connectivity index (χ0v) is 13.5. The predicted octanol–water partition coefficient (Wildman–Crippen LogP) is 4.26. The van der Waals surface area contributed by atoms with Crippen LogP contribution in [0.1, 0.15) is 37.1 Å². The summed E-state index contributed by atoms with van der Waals surface area (Å²) in [4.78, 5) is 4.16. The van der Waals surface area contributed by atoms with Crippen LogP contribution in [0.2, 0.25) is 0 Å². The van der Waals surface area contributed by atoms with Crippen LogP contribution >= 0.6 is 15.9 Å².